The van der Waals surface area contributed by atoms with Crippen LogP contribution in [0.4, 0.5) is 0 Å². The van der Waals surface area contributed by atoms with Gasteiger partial charge in [0.2, 0.25) is 0 Å². The summed E-state index contributed by atoms with van der Waals surface area (Å²) < 4.78 is 10.7. The Morgan fingerprint density at radius 3 is 2.82 bits per heavy atom. The van der Waals surface area contributed by atoms with Gasteiger partial charge in [-0.25, -0.2) is 0 Å². The maximum absolute atomic E-state index is 10.9. The van der Waals surface area contributed by atoms with Crippen molar-refractivity contribution in [1.29, 1.82) is 0 Å². The number of hydrogen-bond donors (Lipinski definition) is 1. The van der Waals surface area contributed by atoms with Crippen molar-refractivity contribution in [2.75, 3.05) is 13.7 Å². The normalized spacial score (nSPS) is 22.9. The first-order valence-corrected chi connectivity index (χ1v) is 5.65. The molecule has 1 N–H and O–H groups in total. The molecule has 2 rings (SSSR count). The summed E-state index contributed by atoms with van der Waals surface area (Å²) in [5.74, 6) is -0.290. The minimum absolute atomic E-state index is 0.0797. The van der Waals surface area contributed by atoms with Gasteiger partial charge < -0.3 is 14.6 Å². The van der Waals surface area contributed by atoms with Crippen molar-refractivity contribution in [2.45, 2.75) is 18.4 Å². The van der Waals surface area contributed by atoms with Crippen LogP contribution < -0.4 is 4.74 Å². The summed E-state index contributed by atoms with van der Waals surface area (Å²) in [4.78, 5) is 10.9. The van der Waals surface area contributed by atoms with Gasteiger partial charge in [0.05, 0.1) is 20.1 Å². The molecule has 1 aliphatic heterocycles. The molecule has 17 heavy (non-hydrogen) atoms. The van der Waals surface area contributed by atoms with Crippen LogP contribution in [0.15, 0.2) is 18.2 Å². The van der Waals surface area contributed by atoms with Gasteiger partial charge in [-0.2, -0.15) is 0 Å². The molecule has 92 valence electrons. The van der Waals surface area contributed by atoms with Gasteiger partial charge in [0.25, 0.3) is 0 Å². The molecule has 0 saturated carbocycles. The second-order valence-corrected chi connectivity index (χ2v) is 4.44. The van der Waals surface area contributed by atoms with E-state index in [4.69, 9.17) is 26.2 Å². The van der Waals surface area contributed by atoms with E-state index in [0.29, 0.717) is 29.4 Å². The van der Waals surface area contributed by atoms with Crippen LogP contribution in [0.5, 0.6) is 5.75 Å². The molecule has 1 aromatic rings. The molecule has 1 heterocycles. The lowest BCUT2D eigenvalue weighted by molar-refractivity contribution is -0.176. The SMILES string of the molecule is COc1ccc(Cl)cc1C1(CC(=O)O)CCO1. The highest BCUT2D eigenvalue weighted by Crippen LogP contribution is 2.45. The number of benzene rings is 1. The number of aliphatic carboxylic acids is 1. The molecule has 1 aliphatic rings. The van der Waals surface area contributed by atoms with Gasteiger partial charge in [-0.15, -0.1) is 0 Å². The molecule has 1 atom stereocenters. The Hall–Kier alpha value is -1.26. The van der Waals surface area contributed by atoms with Gasteiger partial charge in [-0.05, 0) is 18.2 Å². The smallest absolute Gasteiger partial charge is 0.306 e. The average molecular weight is 257 g/mol. The van der Waals surface area contributed by atoms with Crippen molar-refractivity contribution in [1.82, 2.24) is 0 Å². The average Bonchev–Trinajstić information content (AvgIpc) is 2.23. The Bertz CT molecular complexity index is 440. The maximum atomic E-state index is 10.9. The maximum Gasteiger partial charge on any atom is 0.306 e. The third-order valence-electron chi connectivity index (χ3n) is 2.97. The summed E-state index contributed by atoms with van der Waals surface area (Å²) >= 11 is 5.94. The zero-order valence-electron chi connectivity index (χ0n) is 9.40. The molecule has 1 fully saturated rings. The zero-order valence-corrected chi connectivity index (χ0v) is 10.2. The van der Waals surface area contributed by atoms with Crippen molar-refractivity contribution < 1.29 is 19.4 Å². The largest absolute Gasteiger partial charge is 0.496 e. The first kappa shape index (κ1) is 12.2. The van der Waals surface area contributed by atoms with E-state index in [1.807, 2.05) is 0 Å². The van der Waals surface area contributed by atoms with E-state index in [2.05, 4.69) is 0 Å². The standard InChI is InChI=1S/C12H13ClO4/c1-16-10-3-2-8(13)6-9(10)12(4-5-17-12)7-11(14)15/h2-3,6H,4-5,7H2,1H3,(H,14,15). The summed E-state index contributed by atoms with van der Waals surface area (Å²) in [5.41, 5.74) is -0.0802. The number of methoxy groups -OCH3 is 1. The molecular weight excluding hydrogens is 244 g/mol. The predicted octanol–water partition coefficient (Wildman–Crippen LogP) is 2.44. The molecule has 0 bridgehead atoms. The van der Waals surface area contributed by atoms with E-state index in [1.165, 1.54) is 0 Å². The van der Waals surface area contributed by atoms with Gasteiger partial charge >= 0.3 is 5.97 Å². The number of halogens is 1. The molecule has 0 aromatic heterocycles. The highest BCUT2D eigenvalue weighted by atomic mass is 35.5. The lowest BCUT2D eigenvalue weighted by Crippen LogP contribution is -2.43. The number of rotatable bonds is 4. The summed E-state index contributed by atoms with van der Waals surface area (Å²) in [6.45, 7) is 0.558. The summed E-state index contributed by atoms with van der Waals surface area (Å²) in [7, 11) is 1.54. The molecule has 0 amide bonds. The van der Waals surface area contributed by atoms with E-state index in [9.17, 15) is 4.79 Å². The van der Waals surface area contributed by atoms with Crippen LogP contribution in [0.1, 0.15) is 18.4 Å². The van der Waals surface area contributed by atoms with E-state index in [0.717, 1.165) is 0 Å². The first-order valence-electron chi connectivity index (χ1n) is 5.27. The van der Waals surface area contributed by atoms with Crippen LogP contribution in [0.25, 0.3) is 0 Å². The molecule has 5 heteroatoms. The van der Waals surface area contributed by atoms with Gasteiger partial charge in [-0.1, -0.05) is 11.6 Å². The van der Waals surface area contributed by atoms with Crippen LogP contribution in [-0.2, 0) is 15.1 Å². The second-order valence-electron chi connectivity index (χ2n) is 4.01. The number of carboxylic acid groups (broad SMARTS) is 1. The zero-order chi connectivity index (χ0) is 12.5. The van der Waals surface area contributed by atoms with Crippen molar-refractivity contribution >= 4 is 17.6 Å². The van der Waals surface area contributed by atoms with Crippen LogP contribution in [0.2, 0.25) is 5.02 Å². The molecule has 0 aliphatic carbocycles. The predicted molar refractivity (Wildman–Crippen MR) is 62.5 cm³/mol. The lowest BCUT2D eigenvalue weighted by atomic mass is 9.83. The molecule has 1 unspecified atom stereocenters. The van der Waals surface area contributed by atoms with E-state index in [1.54, 1.807) is 25.3 Å². The summed E-state index contributed by atoms with van der Waals surface area (Å²) in [5, 5.41) is 9.50. The van der Waals surface area contributed by atoms with Crippen LogP contribution >= 0.6 is 11.6 Å². The van der Waals surface area contributed by atoms with Crippen molar-refractivity contribution in [3.05, 3.63) is 28.8 Å². The topological polar surface area (TPSA) is 55.8 Å². The Morgan fingerprint density at radius 2 is 2.35 bits per heavy atom. The number of hydrogen-bond acceptors (Lipinski definition) is 3. The summed E-state index contributed by atoms with van der Waals surface area (Å²) in [6.07, 6.45) is 0.583. The third-order valence-corrected chi connectivity index (χ3v) is 3.21. The highest BCUT2D eigenvalue weighted by Gasteiger charge is 2.44. The fourth-order valence-corrected chi connectivity index (χ4v) is 2.25. The number of carboxylic acids is 1. The Kier molecular flexibility index (Phi) is 3.26. The molecule has 1 saturated heterocycles. The first-order chi connectivity index (χ1) is 8.07. The van der Waals surface area contributed by atoms with Gasteiger partial charge in [0.15, 0.2) is 0 Å². The van der Waals surface area contributed by atoms with Crippen molar-refractivity contribution in [3.8, 4) is 5.75 Å². The molecule has 0 radical (unpaired) electrons. The van der Waals surface area contributed by atoms with Crippen LogP contribution in [0.3, 0.4) is 0 Å². The molecule has 4 nitrogen and oxygen atoms in total. The molecule has 1 aromatic carbocycles. The van der Waals surface area contributed by atoms with E-state index in [-0.39, 0.29) is 6.42 Å². The van der Waals surface area contributed by atoms with Crippen LogP contribution in [0, 0.1) is 0 Å². The van der Waals surface area contributed by atoms with Crippen LogP contribution in [-0.4, -0.2) is 24.8 Å². The quantitative estimate of drug-likeness (QED) is 0.899. The Morgan fingerprint density at radius 1 is 1.65 bits per heavy atom. The van der Waals surface area contributed by atoms with E-state index >= 15 is 0 Å². The fraction of sp³-hybridized carbons (Fsp3) is 0.417. The van der Waals surface area contributed by atoms with Crippen molar-refractivity contribution in [3.63, 3.8) is 0 Å². The van der Waals surface area contributed by atoms with Gasteiger partial charge in [0, 0.05) is 17.0 Å². The van der Waals surface area contributed by atoms with Crippen molar-refractivity contribution in [2.24, 2.45) is 0 Å². The Labute approximate surface area is 104 Å². The molecule has 0 spiro atoms. The van der Waals surface area contributed by atoms with Gasteiger partial charge in [-0.3, -0.25) is 4.79 Å². The fourth-order valence-electron chi connectivity index (χ4n) is 2.08. The highest BCUT2D eigenvalue weighted by molar-refractivity contribution is 6.30. The summed E-state index contributed by atoms with van der Waals surface area (Å²) in [6, 6.07) is 5.14. The lowest BCUT2D eigenvalue weighted by Gasteiger charge is -2.41. The molecular formula is C12H13ClO4. The minimum Gasteiger partial charge on any atom is -0.496 e. The van der Waals surface area contributed by atoms with E-state index < -0.39 is 11.6 Å². The van der Waals surface area contributed by atoms with Gasteiger partial charge in [0.1, 0.15) is 11.4 Å². The minimum atomic E-state index is -0.897. The number of carbonyl (C=O) groups is 1. The second kappa shape index (κ2) is 4.55. The third kappa shape index (κ3) is 2.23. The number of ether oxygens (including phenoxy) is 2. The monoisotopic (exact) mass is 256 g/mol. The Balaban J connectivity index is 2.42.